The van der Waals surface area contributed by atoms with Gasteiger partial charge in [-0.3, -0.25) is 0 Å². The molecule has 88 valence electrons. The lowest BCUT2D eigenvalue weighted by Gasteiger charge is -2.05. The van der Waals surface area contributed by atoms with Crippen molar-refractivity contribution < 1.29 is 4.74 Å². The molecule has 0 spiro atoms. The lowest BCUT2D eigenvalue weighted by molar-refractivity contribution is 0.462. The molecule has 6 heteroatoms. The minimum absolute atomic E-state index is 0.543. The van der Waals surface area contributed by atoms with Crippen LogP contribution in [0.5, 0.6) is 11.6 Å². The SMILES string of the molecule is c1ccc(Oc2cccc(-n3ncnn3)c2)nc1. The molecule has 0 saturated carbocycles. The van der Waals surface area contributed by atoms with Gasteiger partial charge in [0.1, 0.15) is 5.75 Å². The molecule has 1 aromatic carbocycles. The van der Waals surface area contributed by atoms with Crippen molar-refractivity contribution in [1.29, 1.82) is 0 Å². The van der Waals surface area contributed by atoms with Gasteiger partial charge in [0.2, 0.25) is 5.88 Å². The Morgan fingerprint density at radius 3 is 2.83 bits per heavy atom. The van der Waals surface area contributed by atoms with E-state index in [0.29, 0.717) is 11.6 Å². The second-order valence-corrected chi connectivity index (χ2v) is 3.49. The fourth-order valence-corrected chi connectivity index (χ4v) is 1.49. The summed E-state index contributed by atoms with van der Waals surface area (Å²) >= 11 is 0. The van der Waals surface area contributed by atoms with Gasteiger partial charge in [-0.25, -0.2) is 4.98 Å². The van der Waals surface area contributed by atoms with Crippen molar-refractivity contribution in [2.45, 2.75) is 0 Å². The minimum atomic E-state index is 0.543. The van der Waals surface area contributed by atoms with E-state index in [-0.39, 0.29) is 0 Å². The number of rotatable bonds is 3. The van der Waals surface area contributed by atoms with Crippen LogP contribution >= 0.6 is 0 Å². The molecule has 0 aliphatic heterocycles. The zero-order valence-corrected chi connectivity index (χ0v) is 9.34. The fourth-order valence-electron chi connectivity index (χ4n) is 1.49. The van der Waals surface area contributed by atoms with E-state index in [1.54, 1.807) is 12.3 Å². The molecule has 2 heterocycles. The number of aromatic nitrogens is 5. The zero-order valence-electron chi connectivity index (χ0n) is 9.34. The van der Waals surface area contributed by atoms with E-state index in [0.717, 1.165) is 5.69 Å². The first-order valence-electron chi connectivity index (χ1n) is 5.34. The maximum absolute atomic E-state index is 5.62. The van der Waals surface area contributed by atoms with E-state index in [2.05, 4.69) is 20.4 Å². The van der Waals surface area contributed by atoms with Crippen molar-refractivity contribution in [2.75, 3.05) is 0 Å². The van der Waals surface area contributed by atoms with Crippen LogP contribution in [0, 0.1) is 0 Å². The van der Waals surface area contributed by atoms with E-state index in [4.69, 9.17) is 4.74 Å². The topological polar surface area (TPSA) is 65.7 Å². The second-order valence-electron chi connectivity index (χ2n) is 3.49. The quantitative estimate of drug-likeness (QED) is 0.697. The Morgan fingerprint density at radius 1 is 1.06 bits per heavy atom. The minimum Gasteiger partial charge on any atom is -0.439 e. The van der Waals surface area contributed by atoms with Crippen molar-refractivity contribution in [3.05, 3.63) is 55.0 Å². The van der Waals surface area contributed by atoms with E-state index < -0.39 is 0 Å². The summed E-state index contributed by atoms with van der Waals surface area (Å²) < 4.78 is 5.62. The third-order valence-corrected chi connectivity index (χ3v) is 2.26. The molecule has 0 radical (unpaired) electrons. The largest absolute Gasteiger partial charge is 0.439 e. The Morgan fingerprint density at radius 2 is 2.06 bits per heavy atom. The summed E-state index contributed by atoms with van der Waals surface area (Å²) in [6, 6.07) is 12.9. The summed E-state index contributed by atoms with van der Waals surface area (Å²) in [5, 5.41) is 11.4. The summed E-state index contributed by atoms with van der Waals surface area (Å²) in [6.45, 7) is 0. The van der Waals surface area contributed by atoms with Crippen LogP contribution in [-0.4, -0.2) is 25.2 Å². The van der Waals surface area contributed by atoms with Gasteiger partial charge < -0.3 is 4.74 Å². The van der Waals surface area contributed by atoms with Gasteiger partial charge in [0.25, 0.3) is 0 Å². The first kappa shape index (κ1) is 10.4. The van der Waals surface area contributed by atoms with Crippen molar-refractivity contribution in [3.63, 3.8) is 0 Å². The maximum Gasteiger partial charge on any atom is 0.219 e. The lowest BCUT2D eigenvalue weighted by atomic mass is 10.3. The number of hydrogen-bond donors (Lipinski definition) is 0. The van der Waals surface area contributed by atoms with Crippen LogP contribution in [0.15, 0.2) is 55.0 Å². The Kier molecular flexibility index (Phi) is 2.67. The molecule has 0 N–H and O–H groups in total. The number of pyridine rings is 1. The van der Waals surface area contributed by atoms with Crippen molar-refractivity contribution in [3.8, 4) is 17.3 Å². The van der Waals surface area contributed by atoms with Crippen molar-refractivity contribution in [1.82, 2.24) is 25.2 Å². The molecular weight excluding hydrogens is 230 g/mol. The van der Waals surface area contributed by atoms with E-state index >= 15 is 0 Å². The molecule has 0 amide bonds. The smallest absolute Gasteiger partial charge is 0.219 e. The van der Waals surface area contributed by atoms with Crippen LogP contribution < -0.4 is 4.74 Å². The molecular formula is C12H9N5O. The normalized spacial score (nSPS) is 10.2. The van der Waals surface area contributed by atoms with E-state index in [1.807, 2.05) is 36.4 Å². The Hall–Kier alpha value is -2.76. The first-order valence-corrected chi connectivity index (χ1v) is 5.34. The average molecular weight is 239 g/mol. The molecule has 2 aromatic heterocycles. The van der Waals surface area contributed by atoms with Crippen LogP contribution in [0.2, 0.25) is 0 Å². The van der Waals surface area contributed by atoms with Gasteiger partial charge in [-0.1, -0.05) is 12.1 Å². The van der Waals surface area contributed by atoms with Gasteiger partial charge >= 0.3 is 0 Å². The van der Waals surface area contributed by atoms with Gasteiger partial charge in [-0.2, -0.15) is 0 Å². The predicted molar refractivity (Wildman–Crippen MR) is 63.5 cm³/mol. The van der Waals surface area contributed by atoms with Gasteiger partial charge in [0, 0.05) is 18.3 Å². The van der Waals surface area contributed by atoms with E-state index in [1.165, 1.54) is 11.1 Å². The van der Waals surface area contributed by atoms with Crippen molar-refractivity contribution >= 4 is 0 Å². The molecule has 6 nitrogen and oxygen atoms in total. The summed E-state index contributed by atoms with van der Waals surface area (Å²) in [4.78, 5) is 5.52. The van der Waals surface area contributed by atoms with Crippen LogP contribution in [0.3, 0.4) is 0 Å². The highest BCUT2D eigenvalue weighted by Gasteiger charge is 2.02. The predicted octanol–water partition coefficient (Wildman–Crippen LogP) is 1.85. The second kappa shape index (κ2) is 4.62. The average Bonchev–Trinajstić information content (AvgIpc) is 2.94. The van der Waals surface area contributed by atoms with Gasteiger partial charge in [-0.15, -0.1) is 15.0 Å². The molecule has 0 aliphatic rings. The van der Waals surface area contributed by atoms with Crippen LogP contribution in [-0.2, 0) is 0 Å². The van der Waals surface area contributed by atoms with Gasteiger partial charge in [-0.05, 0) is 23.4 Å². The molecule has 0 saturated heterocycles. The first-order chi connectivity index (χ1) is 8.92. The molecule has 18 heavy (non-hydrogen) atoms. The van der Waals surface area contributed by atoms with E-state index in [9.17, 15) is 0 Å². The standard InChI is InChI=1S/C12H9N5O/c1-2-7-13-12(6-1)18-11-5-3-4-10(8-11)17-15-9-14-16-17/h1-9H. The number of ether oxygens (including phenoxy) is 1. The molecule has 0 bridgehead atoms. The molecule has 3 aromatic rings. The molecule has 0 unspecified atom stereocenters. The third-order valence-electron chi connectivity index (χ3n) is 2.26. The number of benzene rings is 1. The summed E-state index contributed by atoms with van der Waals surface area (Å²) in [6.07, 6.45) is 3.06. The third kappa shape index (κ3) is 2.17. The Balaban J connectivity index is 1.88. The van der Waals surface area contributed by atoms with Gasteiger partial charge in [0.15, 0.2) is 6.33 Å². The van der Waals surface area contributed by atoms with Crippen molar-refractivity contribution in [2.24, 2.45) is 0 Å². The molecule has 0 aliphatic carbocycles. The highest BCUT2D eigenvalue weighted by atomic mass is 16.5. The monoisotopic (exact) mass is 239 g/mol. The van der Waals surface area contributed by atoms with Crippen LogP contribution in [0.25, 0.3) is 5.69 Å². The molecule has 3 rings (SSSR count). The summed E-state index contributed by atoms with van der Waals surface area (Å²) in [5.41, 5.74) is 0.779. The van der Waals surface area contributed by atoms with Gasteiger partial charge in [0.05, 0.1) is 5.69 Å². The number of hydrogen-bond acceptors (Lipinski definition) is 5. The highest BCUT2D eigenvalue weighted by Crippen LogP contribution is 2.20. The fraction of sp³-hybridized carbons (Fsp3) is 0. The number of tetrazole rings is 1. The summed E-state index contributed by atoms with van der Waals surface area (Å²) in [7, 11) is 0. The molecule has 0 fully saturated rings. The van der Waals surface area contributed by atoms with Crippen LogP contribution in [0.1, 0.15) is 0 Å². The van der Waals surface area contributed by atoms with Crippen LogP contribution in [0.4, 0.5) is 0 Å². The maximum atomic E-state index is 5.62. The lowest BCUT2D eigenvalue weighted by Crippen LogP contribution is -1.99. The molecule has 0 atom stereocenters. The Bertz CT molecular complexity index is 624. The Labute approximate surface area is 103 Å². The highest BCUT2D eigenvalue weighted by molar-refractivity contribution is 5.38. The zero-order chi connectivity index (χ0) is 12.2. The number of nitrogens with zero attached hydrogens (tertiary/aromatic N) is 5. The summed E-state index contributed by atoms with van der Waals surface area (Å²) in [5.74, 6) is 1.21.